The van der Waals surface area contributed by atoms with Gasteiger partial charge in [0, 0.05) is 18.3 Å². The summed E-state index contributed by atoms with van der Waals surface area (Å²) in [7, 11) is 1.52. The molecule has 1 heterocycles. The summed E-state index contributed by atoms with van der Waals surface area (Å²) in [5.74, 6) is -6.02. The lowest BCUT2D eigenvalue weighted by Crippen LogP contribution is -2.19. The Labute approximate surface area is 211 Å². The zero-order chi connectivity index (χ0) is 26.5. The second-order valence-electron chi connectivity index (χ2n) is 8.01. The molecule has 190 valence electrons. The highest BCUT2D eigenvalue weighted by molar-refractivity contribution is 6.11. The maximum absolute atomic E-state index is 14.4. The Morgan fingerprint density at radius 1 is 0.919 bits per heavy atom. The number of aromatic nitrogens is 1. The molecule has 4 rings (SSSR count). The van der Waals surface area contributed by atoms with Crippen molar-refractivity contribution in [2.24, 2.45) is 0 Å². The van der Waals surface area contributed by atoms with Gasteiger partial charge < -0.3 is 19.4 Å². The topological polar surface area (TPSA) is 69.6 Å². The first kappa shape index (κ1) is 25.6. The molecule has 0 saturated heterocycles. The number of esters is 1. The number of nitrogens with one attached hydrogen (secondary N) is 1. The summed E-state index contributed by atoms with van der Waals surface area (Å²) in [6.07, 6.45) is 1.66. The quantitative estimate of drug-likeness (QED) is 0.232. The number of hydrogen-bond acceptors (Lipinski definition) is 4. The van der Waals surface area contributed by atoms with Gasteiger partial charge in [0.05, 0.1) is 25.0 Å². The van der Waals surface area contributed by atoms with E-state index >= 15 is 0 Å². The van der Waals surface area contributed by atoms with Gasteiger partial charge in [0.2, 0.25) is 0 Å². The third-order valence-electron chi connectivity index (χ3n) is 5.66. The first-order valence-corrected chi connectivity index (χ1v) is 11.4. The van der Waals surface area contributed by atoms with Crippen molar-refractivity contribution in [3.05, 3.63) is 107 Å². The Bertz CT molecular complexity index is 1430. The van der Waals surface area contributed by atoms with Gasteiger partial charge in [0.15, 0.2) is 23.1 Å². The van der Waals surface area contributed by atoms with E-state index in [4.69, 9.17) is 9.47 Å². The van der Waals surface area contributed by atoms with Crippen LogP contribution in [0.4, 0.5) is 18.9 Å². The molecule has 0 aliphatic rings. The van der Waals surface area contributed by atoms with Gasteiger partial charge in [-0.15, -0.1) is 0 Å². The zero-order valence-corrected chi connectivity index (χ0v) is 20.1. The van der Waals surface area contributed by atoms with Crippen molar-refractivity contribution in [2.75, 3.05) is 19.0 Å². The standard InChI is InChI=1S/C28H23F3N2O4/c1-3-37-28(35)26-25(32-27(34)20-13-14-22(29)24(31)23(20)30)21(18-9-11-19(36-2)12-10-18)16-33(26)15-17-7-5-4-6-8-17/h4-14,16H,3,15H2,1-2H3,(H,32,34). The summed E-state index contributed by atoms with van der Waals surface area (Å²) in [5, 5.41) is 2.53. The van der Waals surface area contributed by atoms with Crippen molar-refractivity contribution in [1.82, 2.24) is 4.57 Å². The van der Waals surface area contributed by atoms with Gasteiger partial charge in [-0.25, -0.2) is 18.0 Å². The predicted molar refractivity (Wildman–Crippen MR) is 132 cm³/mol. The second kappa shape index (κ2) is 11.0. The lowest BCUT2D eigenvalue weighted by molar-refractivity contribution is 0.0515. The van der Waals surface area contributed by atoms with Gasteiger partial charge in [-0.1, -0.05) is 42.5 Å². The molecular weight excluding hydrogens is 485 g/mol. The molecule has 0 saturated carbocycles. The van der Waals surface area contributed by atoms with Crippen molar-refractivity contribution in [1.29, 1.82) is 0 Å². The molecule has 0 radical (unpaired) electrons. The van der Waals surface area contributed by atoms with E-state index in [0.29, 0.717) is 22.9 Å². The molecule has 1 N–H and O–H groups in total. The highest BCUT2D eigenvalue weighted by Gasteiger charge is 2.27. The van der Waals surface area contributed by atoms with Gasteiger partial charge in [0.1, 0.15) is 5.75 Å². The fraction of sp³-hybridized carbons (Fsp3) is 0.143. The van der Waals surface area contributed by atoms with Crippen LogP contribution in [-0.4, -0.2) is 30.2 Å². The van der Waals surface area contributed by atoms with E-state index in [-0.39, 0.29) is 24.5 Å². The third kappa shape index (κ3) is 5.35. The van der Waals surface area contributed by atoms with Crippen LogP contribution in [0.25, 0.3) is 11.1 Å². The van der Waals surface area contributed by atoms with Crippen molar-refractivity contribution in [3.8, 4) is 16.9 Å². The molecular formula is C28H23F3N2O4. The Hall–Kier alpha value is -4.53. The van der Waals surface area contributed by atoms with Crippen LogP contribution >= 0.6 is 0 Å². The highest BCUT2D eigenvalue weighted by atomic mass is 19.2. The molecule has 6 nitrogen and oxygen atoms in total. The molecule has 0 spiro atoms. The smallest absolute Gasteiger partial charge is 0.357 e. The number of hydrogen-bond donors (Lipinski definition) is 1. The fourth-order valence-corrected chi connectivity index (χ4v) is 3.88. The fourth-order valence-electron chi connectivity index (χ4n) is 3.88. The van der Waals surface area contributed by atoms with Crippen molar-refractivity contribution in [3.63, 3.8) is 0 Å². The molecule has 0 fully saturated rings. The maximum atomic E-state index is 14.4. The molecule has 0 aliphatic carbocycles. The summed E-state index contributed by atoms with van der Waals surface area (Å²) in [4.78, 5) is 26.2. The van der Waals surface area contributed by atoms with Crippen LogP contribution in [0.3, 0.4) is 0 Å². The van der Waals surface area contributed by atoms with E-state index in [2.05, 4.69) is 5.32 Å². The minimum atomic E-state index is -1.77. The number of nitrogens with zero attached hydrogens (tertiary/aromatic N) is 1. The van der Waals surface area contributed by atoms with Crippen LogP contribution in [0.1, 0.15) is 33.3 Å². The summed E-state index contributed by atoms with van der Waals surface area (Å²) >= 11 is 0. The average Bonchev–Trinajstić information content (AvgIpc) is 3.25. The number of amides is 1. The minimum absolute atomic E-state index is 0.00728. The molecule has 0 aliphatic heterocycles. The molecule has 1 aromatic heterocycles. The Kier molecular flexibility index (Phi) is 7.62. The monoisotopic (exact) mass is 508 g/mol. The van der Waals surface area contributed by atoms with E-state index in [1.165, 1.54) is 7.11 Å². The first-order chi connectivity index (χ1) is 17.8. The number of rotatable bonds is 8. The summed E-state index contributed by atoms with van der Waals surface area (Å²) in [6.45, 7) is 1.97. The van der Waals surface area contributed by atoms with Crippen molar-refractivity contribution in [2.45, 2.75) is 13.5 Å². The van der Waals surface area contributed by atoms with Crippen LogP contribution in [-0.2, 0) is 11.3 Å². The van der Waals surface area contributed by atoms with Crippen molar-refractivity contribution >= 4 is 17.6 Å². The number of methoxy groups -OCH3 is 1. The summed E-state index contributed by atoms with van der Waals surface area (Å²) in [6, 6.07) is 17.6. The zero-order valence-electron chi connectivity index (χ0n) is 20.1. The average molecular weight is 508 g/mol. The molecule has 37 heavy (non-hydrogen) atoms. The first-order valence-electron chi connectivity index (χ1n) is 11.4. The lowest BCUT2D eigenvalue weighted by Gasteiger charge is -2.13. The largest absolute Gasteiger partial charge is 0.497 e. The van der Waals surface area contributed by atoms with Crippen LogP contribution < -0.4 is 10.1 Å². The molecule has 0 atom stereocenters. The number of ether oxygens (including phenoxy) is 2. The molecule has 1 amide bonds. The lowest BCUT2D eigenvalue weighted by atomic mass is 10.1. The van der Waals surface area contributed by atoms with Gasteiger partial charge in [-0.2, -0.15) is 0 Å². The molecule has 0 unspecified atom stereocenters. The number of benzene rings is 3. The number of halogens is 3. The van der Waals surface area contributed by atoms with Crippen LogP contribution in [0.5, 0.6) is 5.75 Å². The normalized spacial score (nSPS) is 10.7. The SMILES string of the molecule is CCOC(=O)c1c(NC(=O)c2ccc(F)c(F)c2F)c(-c2ccc(OC)cc2)cn1Cc1ccccc1. The van der Waals surface area contributed by atoms with Gasteiger partial charge in [-0.3, -0.25) is 4.79 Å². The van der Waals surface area contributed by atoms with Gasteiger partial charge in [0.25, 0.3) is 5.91 Å². The Morgan fingerprint density at radius 3 is 2.27 bits per heavy atom. The van der Waals surface area contributed by atoms with E-state index in [9.17, 15) is 22.8 Å². The molecule has 4 aromatic rings. The second-order valence-corrected chi connectivity index (χ2v) is 8.01. The van der Waals surface area contributed by atoms with E-state index in [1.807, 2.05) is 30.3 Å². The van der Waals surface area contributed by atoms with Crippen LogP contribution in [0.15, 0.2) is 72.9 Å². The minimum Gasteiger partial charge on any atom is -0.497 e. The summed E-state index contributed by atoms with van der Waals surface area (Å²) in [5.41, 5.74) is 1.23. The van der Waals surface area contributed by atoms with Gasteiger partial charge in [-0.05, 0) is 42.3 Å². The molecule has 9 heteroatoms. The van der Waals surface area contributed by atoms with Crippen LogP contribution in [0, 0.1) is 17.5 Å². The summed E-state index contributed by atoms with van der Waals surface area (Å²) < 4.78 is 53.8. The highest BCUT2D eigenvalue weighted by Crippen LogP contribution is 2.36. The predicted octanol–water partition coefficient (Wildman–Crippen LogP) is 6.06. The van der Waals surface area contributed by atoms with E-state index in [1.54, 1.807) is 42.0 Å². The molecule has 3 aromatic carbocycles. The Balaban J connectivity index is 1.88. The van der Waals surface area contributed by atoms with Gasteiger partial charge >= 0.3 is 5.97 Å². The number of anilines is 1. The van der Waals surface area contributed by atoms with Crippen LogP contribution in [0.2, 0.25) is 0 Å². The maximum Gasteiger partial charge on any atom is 0.357 e. The molecule has 0 bridgehead atoms. The van der Waals surface area contributed by atoms with Crippen molar-refractivity contribution < 1.29 is 32.2 Å². The number of carbonyl (C=O) groups is 2. The van der Waals surface area contributed by atoms with E-state index < -0.39 is 34.9 Å². The number of carbonyl (C=O) groups excluding carboxylic acids is 2. The Morgan fingerprint density at radius 2 is 1.62 bits per heavy atom. The third-order valence-corrected chi connectivity index (χ3v) is 5.66. The van der Waals surface area contributed by atoms with E-state index in [0.717, 1.165) is 11.6 Å².